The standard InChI is InChI=1S/C42H22F6S/c43-41(44,45)38-28-14-5-1-10-24(28)36(25-11-2-6-15-29(25)38)23-20-21-35-34(22-23)32-18-9-19-33(40(32)49-35)37-26-12-3-7-16-30(26)39(42(46,47)48)31-17-8-4-13-27(31)37/h1-22H. The number of rotatable bonds is 2. The number of alkyl halides is 6. The Hall–Kier alpha value is -5.40. The second-order valence-corrected chi connectivity index (χ2v) is 13.2. The summed E-state index contributed by atoms with van der Waals surface area (Å²) in [6, 6.07) is 38.5. The van der Waals surface area contributed by atoms with Gasteiger partial charge in [-0.2, -0.15) is 26.3 Å². The van der Waals surface area contributed by atoms with E-state index in [2.05, 4.69) is 0 Å². The average molecular weight is 673 g/mol. The Labute approximate surface area is 279 Å². The molecule has 0 amide bonds. The van der Waals surface area contributed by atoms with Crippen molar-refractivity contribution >= 4 is 74.6 Å². The Morgan fingerprint density at radius 1 is 0.367 bits per heavy atom. The van der Waals surface area contributed by atoms with Gasteiger partial charge in [-0.3, -0.25) is 0 Å². The van der Waals surface area contributed by atoms with E-state index in [1.54, 1.807) is 84.1 Å². The zero-order valence-corrected chi connectivity index (χ0v) is 26.2. The van der Waals surface area contributed by atoms with Crippen LogP contribution in [0.3, 0.4) is 0 Å². The Bertz CT molecular complexity index is 2690. The molecule has 0 N–H and O–H groups in total. The molecule has 0 aliphatic carbocycles. The topological polar surface area (TPSA) is 0 Å². The minimum atomic E-state index is -4.55. The van der Waals surface area contributed by atoms with E-state index >= 15 is 0 Å². The molecule has 0 spiro atoms. The first kappa shape index (κ1) is 29.7. The summed E-state index contributed by atoms with van der Waals surface area (Å²) in [5.74, 6) is 0. The van der Waals surface area contributed by atoms with Crippen LogP contribution >= 0.6 is 11.3 Å². The van der Waals surface area contributed by atoms with E-state index in [-0.39, 0.29) is 21.5 Å². The molecule has 0 unspecified atom stereocenters. The zero-order chi connectivity index (χ0) is 33.7. The summed E-state index contributed by atoms with van der Waals surface area (Å²) in [4.78, 5) is 0. The van der Waals surface area contributed by atoms with Crippen LogP contribution < -0.4 is 0 Å². The first-order valence-corrected chi connectivity index (χ1v) is 16.4. The fourth-order valence-electron chi connectivity index (χ4n) is 7.62. The maximum absolute atomic E-state index is 14.6. The van der Waals surface area contributed by atoms with Gasteiger partial charge in [0.25, 0.3) is 0 Å². The molecule has 0 saturated heterocycles. The van der Waals surface area contributed by atoms with Gasteiger partial charge in [0.15, 0.2) is 0 Å². The lowest BCUT2D eigenvalue weighted by Gasteiger charge is -2.19. The van der Waals surface area contributed by atoms with Crippen LogP contribution in [0.5, 0.6) is 0 Å². The quantitative estimate of drug-likeness (QED) is 0.127. The molecule has 0 nitrogen and oxygen atoms in total. The lowest BCUT2D eigenvalue weighted by molar-refractivity contribution is -0.135. The summed E-state index contributed by atoms with van der Waals surface area (Å²) in [6.45, 7) is 0. The van der Waals surface area contributed by atoms with Gasteiger partial charge < -0.3 is 0 Å². The highest BCUT2D eigenvalue weighted by Gasteiger charge is 2.37. The first-order valence-electron chi connectivity index (χ1n) is 15.6. The van der Waals surface area contributed by atoms with Gasteiger partial charge in [-0.05, 0) is 71.9 Å². The summed E-state index contributed by atoms with van der Waals surface area (Å²) in [5, 5.41) is 4.47. The van der Waals surface area contributed by atoms with Crippen LogP contribution in [0.25, 0.3) is 85.5 Å². The van der Waals surface area contributed by atoms with Crippen molar-refractivity contribution in [1.82, 2.24) is 0 Å². The van der Waals surface area contributed by atoms with Crippen LogP contribution in [0.4, 0.5) is 26.3 Å². The number of hydrogen-bond acceptors (Lipinski definition) is 1. The number of benzene rings is 8. The third-order valence-corrected chi connectivity index (χ3v) is 10.7. The maximum Gasteiger partial charge on any atom is 0.417 e. The number of fused-ring (bicyclic) bond motifs is 7. The van der Waals surface area contributed by atoms with Gasteiger partial charge in [0.1, 0.15) is 0 Å². The molecule has 238 valence electrons. The minimum Gasteiger partial charge on any atom is -0.166 e. The second kappa shape index (κ2) is 10.5. The van der Waals surface area contributed by atoms with E-state index in [0.717, 1.165) is 42.4 Å². The fraction of sp³-hybridized carbons (Fsp3) is 0.0476. The van der Waals surface area contributed by atoms with E-state index < -0.39 is 23.5 Å². The van der Waals surface area contributed by atoms with Gasteiger partial charge in [-0.1, -0.05) is 121 Å². The molecule has 0 aliphatic rings. The molecular formula is C42H22F6S. The van der Waals surface area contributed by atoms with E-state index in [4.69, 9.17) is 0 Å². The molecule has 7 heteroatoms. The summed E-state index contributed by atoms with van der Waals surface area (Å²) in [5.41, 5.74) is 1.76. The molecule has 0 saturated carbocycles. The first-order chi connectivity index (χ1) is 23.6. The molecule has 0 fully saturated rings. The maximum atomic E-state index is 14.6. The molecule has 0 atom stereocenters. The summed E-state index contributed by atoms with van der Waals surface area (Å²) >= 11 is 1.56. The van der Waals surface area contributed by atoms with Crippen LogP contribution in [0.2, 0.25) is 0 Å². The minimum absolute atomic E-state index is 0.141. The van der Waals surface area contributed by atoms with Crippen molar-refractivity contribution in [3.05, 3.63) is 145 Å². The Kier molecular flexibility index (Phi) is 6.40. The predicted molar refractivity (Wildman–Crippen MR) is 190 cm³/mol. The second-order valence-electron chi connectivity index (χ2n) is 12.2. The zero-order valence-electron chi connectivity index (χ0n) is 25.4. The Morgan fingerprint density at radius 3 is 1.22 bits per heavy atom. The lowest BCUT2D eigenvalue weighted by atomic mass is 9.87. The van der Waals surface area contributed by atoms with Crippen molar-refractivity contribution in [1.29, 1.82) is 0 Å². The smallest absolute Gasteiger partial charge is 0.166 e. The molecule has 8 aromatic carbocycles. The lowest BCUT2D eigenvalue weighted by Crippen LogP contribution is -2.07. The highest BCUT2D eigenvalue weighted by atomic mass is 32.1. The normalized spacial score (nSPS) is 12.7. The predicted octanol–water partition coefficient (Wildman–Crippen LogP) is 14.0. The van der Waals surface area contributed by atoms with Crippen molar-refractivity contribution < 1.29 is 26.3 Å². The summed E-state index contributed by atoms with van der Waals surface area (Å²) in [6.07, 6.45) is -9.10. The largest absolute Gasteiger partial charge is 0.417 e. The van der Waals surface area contributed by atoms with Crippen LogP contribution in [-0.2, 0) is 12.4 Å². The SMILES string of the molecule is FC(F)(F)c1c2ccccc2c(-c2ccc3sc4c(-c5c6ccccc6c(C(F)(F)F)c6ccccc56)cccc4c3c2)c2ccccc12. The average Bonchev–Trinajstić information content (AvgIpc) is 3.46. The van der Waals surface area contributed by atoms with Crippen LogP contribution in [-0.4, -0.2) is 0 Å². The summed E-state index contributed by atoms with van der Waals surface area (Å²) < 4.78 is 89.2. The van der Waals surface area contributed by atoms with Gasteiger partial charge >= 0.3 is 12.4 Å². The van der Waals surface area contributed by atoms with Gasteiger partial charge in [0.2, 0.25) is 0 Å². The number of thiophene rings is 1. The van der Waals surface area contributed by atoms with Crippen LogP contribution in [0.1, 0.15) is 11.1 Å². The fourth-order valence-corrected chi connectivity index (χ4v) is 8.82. The highest BCUT2D eigenvalue weighted by molar-refractivity contribution is 7.26. The van der Waals surface area contributed by atoms with Crippen molar-refractivity contribution in [3.8, 4) is 22.3 Å². The third-order valence-electron chi connectivity index (χ3n) is 9.48. The van der Waals surface area contributed by atoms with Crippen molar-refractivity contribution in [3.63, 3.8) is 0 Å². The molecule has 0 aliphatic heterocycles. The van der Waals surface area contributed by atoms with Gasteiger partial charge in [-0.25, -0.2) is 0 Å². The molecule has 49 heavy (non-hydrogen) atoms. The summed E-state index contributed by atoms with van der Waals surface area (Å²) in [7, 11) is 0. The van der Waals surface area contributed by atoms with Gasteiger partial charge in [0.05, 0.1) is 11.1 Å². The molecule has 1 heterocycles. The van der Waals surface area contributed by atoms with E-state index in [1.165, 1.54) is 24.3 Å². The van der Waals surface area contributed by atoms with Gasteiger partial charge in [-0.15, -0.1) is 11.3 Å². The molecule has 0 bridgehead atoms. The molecule has 1 aromatic heterocycles. The van der Waals surface area contributed by atoms with Crippen molar-refractivity contribution in [2.45, 2.75) is 12.4 Å². The van der Waals surface area contributed by atoms with Crippen molar-refractivity contribution in [2.75, 3.05) is 0 Å². The Morgan fingerprint density at radius 2 is 0.776 bits per heavy atom. The molecule has 0 radical (unpaired) electrons. The number of halogens is 6. The monoisotopic (exact) mass is 672 g/mol. The highest BCUT2D eigenvalue weighted by Crippen LogP contribution is 2.50. The van der Waals surface area contributed by atoms with E-state index in [0.29, 0.717) is 21.5 Å². The van der Waals surface area contributed by atoms with Crippen LogP contribution in [0.15, 0.2) is 133 Å². The van der Waals surface area contributed by atoms with Gasteiger partial charge in [0, 0.05) is 25.7 Å². The van der Waals surface area contributed by atoms with Crippen LogP contribution in [0, 0.1) is 0 Å². The van der Waals surface area contributed by atoms with E-state index in [9.17, 15) is 26.3 Å². The molecular weight excluding hydrogens is 651 g/mol. The Balaban J connectivity index is 1.35. The third kappa shape index (κ3) is 4.45. The number of hydrogen-bond donors (Lipinski definition) is 0. The van der Waals surface area contributed by atoms with E-state index in [1.807, 2.05) is 36.4 Å². The molecule has 9 aromatic rings. The van der Waals surface area contributed by atoms with Crippen molar-refractivity contribution in [2.24, 2.45) is 0 Å². The molecule has 9 rings (SSSR count).